The summed E-state index contributed by atoms with van der Waals surface area (Å²) in [6.45, 7) is 4.70. The van der Waals surface area contributed by atoms with Crippen molar-refractivity contribution >= 4 is 17.4 Å². The third kappa shape index (κ3) is 3.31. The van der Waals surface area contributed by atoms with Gasteiger partial charge in [0.1, 0.15) is 5.82 Å². The van der Waals surface area contributed by atoms with E-state index >= 15 is 0 Å². The van der Waals surface area contributed by atoms with E-state index in [1.54, 1.807) is 18.3 Å². The number of carbonyl (C=O) groups is 1. The number of amides is 1. The van der Waals surface area contributed by atoms with E-state index in [0.717, 1.165) is 17.8 Å². The van der Waals surface area contributed by atoms with E-state index in [-0.39, 0.29) is 5.91 Å². The summed E-state index contributed by atoms with van der Waals surface area (Å²) < 4.78 is 0. The minimum atomic E-state index is -0.159. The van der Waals surface area contributed by atoms with Crippen molar-refractivity contribution in [2.45, 2.75) is 13.8 Å². The van der Waals surface area contributed by atoms with Crippen molar-refractivity contribution in [2.24, 2.45) is 0 Å². The Morgan fingerprint density at radius 2 is 1.95 bits per heavy atom. The van der Waals surface area contributed by atoms with E-state index < -0.39 is 0 Å². The zero-order chi connectivity index (χ0) is 13.7. The van der Waals surface area contributed by atoms with Crippen LogP contribution in [-0.2, 0) is 0 Å². The first-order chi connectivity index (χ1) is 9.20. The zero-order valence-electron chi connectivity index (χ0n) is 11.1. The maximum Gasteiger partial charge on any atom is 0.259 e. The first kappa shape index (κ1) is 13.1. The molecular weight excluding hydrogens is 238 g/mol. The van der Waals surface area contributed by atoms with Crippen LogP contribution < -0.4 is 10.6 Å². The lowest BCUT2D eigenvalue weighted by Gasteiger charge is -2.10. The van der Waals surface area contributed by atoms with Crippen LogP contribution in [0.4, 0.5) is 11.5 Å². The van der Waals surface area contributed by atoms with Gasteiger partial charge in [-0.1, -0.05) is 17.7 Å². The van der Waals surface area contributed by atoms with Crippen LogP contribution in [0.1, 0.15) is 22.8 Å². The summed E-state index contributed by atoms with van der Waals surface area (Å²) in [6, 6.07) is 11.2. The molecule has 2 aromatic rings. The van der Waals surface area contributed by atoms with E-state index in [0.29, 0.717) is 11.4 Å². The number of nitrogens with zero attached hydrogens (tertiary/aromatic N) is 1. The van der Waals surface area contributed by atoms with Crippen molar-refractivity contribution in [1.29, 1.82) is 0 Å². The van der Waals surface area contributed by atoms with Crippen molar-refractivity contribution in [3.63, 3.8) is 0 Å². The van der Waals surface area contributed by atoms with Gasteiger partial charge in [-0.25, -0.2) is 4.98 Å². The SMILES string of the molecule is CCNc1ncccc1C(=O)Nc1ccc(C)cc1. The average Bonchev–Trinajstić information content (AvgIpc) is 2.42. The number of aromatic nitrogens is 1. The second kappa shape index (κ2) is 6.00. The first-order valence-electron chi connectivity index (χ1n) is 6.27. The molecule has 4 nitrogen and oxygen atoms in total. The lowest BCUT2D eigenvalue weighted by atomic mass is 10.2. The van der Waals surface area contributed by atoms with Gasteiger partial charge in [-0.15, -0.1) is 0 Å². The Morgan fingerprint density at radius 3 is 2.63 bits per heavy atom. The molecule has 0 aliphatic rings. The second-order valence-electron chi connectivity index (χ2n) is 4.25. The highest BCUT2D eigenvalue weighted by molar-refractivity contribution is 6.07. The standard InChI is InChI=1S/C15H17N3O/c1-3-16-14-13(5-4-10-17-14)15(19)18-12-8-6-11(2)7-9-12/h4-10H,3H2,1-2H3,(H,16,17)(H,18,19). The van der Waals surface area contributed by atoms with E-state index in [9.17, 15) is 4.79 Å². The fourth-order valence-corrected chi connectivity index (χ4v) is 1.73. The van der Waals surface area contributed by atoms with Gasteiger partial charge in [0.15, 0.2) is 0 Å². The molecule has 4 heteroatoms. The molecule has 1 heterocycles. The quantitative estimate of drug-likeness (QED) is 0.882. The Bertz CT molecular complexity index is 564. The van der Waals surface area contributed by atoms with Gasteiger partial charge in [-0.05, 0) is 38.1 Å². The monoisotopic (exact) mass is 255 g/mol. The smallest absolute Gasteiger partial charge is 0.259 e. The molecule has 2 N–H and O–H groups in total. The first-order valence-corrected chi connectivity index (χ1v) is 6.27. The number of benzene rings is 1. The third-order valence-corrected chi connectivity index (χ3v) is 2.71. The van der Waals surface area contributed by atoms with Gasteiger partial charge in [0.25, 0.3) is 5.91 Å². The predicted molar refractivity (Wildman–Crippen MR) is 77.5 cm³/mol. The number of hydrogen-bond donors (Lipinski definition) is 2. The van der Waals surface area contributed by atoms with Crippen LogP contribution in [0.2, 0.25) is 0 Å². The molecule has 19 heavy (non-hydrogen) atoms. The summed E-state index contributed by atoms with van der Waals surface area (Å²) in [6.07, 6.45) is 1.67. The number of anilines is 2. The highest BCUT2D eigenvalue weighted by Crippen LogP contribution is 2.15. The molecule has 0 bridgehead atoms. The van der Waals surface area contributed by atoms with Crippen LogP contribution >= 0.6 is 0 Å². The molecule has 0 spiro atoms. The number of aryl methyl sites for hydroxylation is 1. The Kier molecular flexibility index (Phi) is 4.13. The van der Waals surface area contributed by atoms with Gasteiger partial charge >= 0.3 is 0 Å². The van der Waals surface area contributed by atoms with Crippen LogP contribution in [0, 0.1) is 6.92 Å². The summed E-state index contributed by atoms with van der Waals surface area (Å²) in [5, 5.41) is 5.95. The molecule has 1 amide bonds. The normalized spacial score (nSPS) is 10.0. The maximum absolute atomic E-state index is 12.2. The van der Waals surface area contributed by atoms with Gasteiger partial charge in [0.05, 0.1) is 5.56 Å². The summed E-state index contributed by atoms with van der Waals surface area (Å²) in [4.78, 5) is 16.4. The highest BCUT2D eigenvalue weighted by atomic mass is 16.1. The molecule has 98 valence electrons. The molecule has 0 unspecified atom stereocenters. The predicted octanol–water partition coefficient (Wildman–Crippen LogP) is 3.07. The van der Waals surface area contributed by atoms with Crippen molar-refractivity contribution in [3.8, 4) is 0 Å². The molecule has 0 radical (unpaired) electrons. The molecule has 0 fully saturated rings. The van der Waals surface area contributed by atoms with Gasteiger partial charge in [-0.3, -0.25) is 4.79 Å². The summed E-state index contributed by atoms with van der Waals surface area (Å²) in [5.74, 6) is 0.447. The number of carbonyl (C=O) groups excluding carboxylic acids is 1. The fraction of sp³-hybridized carbons (Fsp3) is 0.200. The summed E-state index contributed by atoms with van der Waals surface area (Å²) >= 11 is 0. The number of nitrogens with one attached hydrogen (secondary N) is 2. The molecule has 0 saturated heterocycles. The van der Waals surface area contributed by atoms with E-state index in [1.807, 2.05) is 38.1 Å². The molecule has 0 aliphatic heterocycles. The van der Waals surface area contributed by atoms with E-state index in [4.69, 9.17) is 0 Å². The molecule has 0 atom stereocenters. The summed E-state index contributed by atoms with van der Waals surface area (Å²) in [7, 11) is 0. The number of hydrogen-bond acceptors (Lipinski definition) is 3. The van der Waals surface area contributed by atoms with Gasteiger partial charge in [0, 0.05) is 18.4 Å². The van der Waals surface area contributed by atoms with Crippen molar-refractivity contribution in [2.75, 3.05) is 17.2 Å². The Labute approximate surface area is 112 Å². The topological polar surface area (TPSA) is 54.0 Å². The number of rotatable bonds is 4. The van der Waals surface area contributed by atoms with Gasteiger partial charge in [0.2, 0.25) is 0 Å². The van der Waals surface area contributed by atoms with Crippen molar-refractivity contribution < 1.29 is 4.79 Å². The van der Waals surface area contributed by atoms with Crippen molar-refractivity contribution in [3.05, 3.63) is 53.7 Å². The Morgan fingerprint density at radius 1 is 1.21 bits per heavy atom. The van der Waals surface area contributed by atoms with Crippen LogP contribution in [0.15, 0.2) is 42.6 Å². The largest absolute Gasteiger partial charge is 0.370 e. The third-order valence-electron chi connectivity index (χ3n) is 2.71. The summed E-state index contributed by atoms with van der Waals surface area (Å²) in [5.41, 5.74) is 2.49. The minimum Gasteiger partial charge on any atom is -0.370 e. The number of pyridine rings is 1. The van der Waals surface area contributed by atoms with Crippen LogP contribution in [-0.4, -0.2) is 17.4 Å². The van der Waals surface area contributed by atoms with Gasteiger partial charge in [-0.2, -0.15) is 0 Å². The second-order valence-corrected chi connectivity index (χ2v) is 4.25. The van der Waals surface area contributed by atoms with Crippen LogP contribution in [0.25, 0.3) is 0 Å². The Balaban J connectivity index is 2.18. The molecule has 0 aliphatic carbocycles. The molecule has 0 saturated carbocycles. The minimum absolute atomic E-state index is 0.159. The fourth-order valence-electron chi connectivity index (χ4n) is 1.73. The molecule has 1 aromatic heterocycles. The molecular formula is C15H17N3O. The van der Waals surface area contributed by atoms with E-state index in [2.05, 4.69) is 15.6 Å². The lowest BCUT2D eigenvalue weighted by molar-refractivity contribution is 0.102. The van der Waals surface area contributed by atoms with E-state index in [1.165, 1.54) is 0 Å². The highest BCUT2D eigenvalue weighted by Gasteiger charge is 2.11. The molecule has 1 aromatic carbocycles. The van der Waals surface area contributed by atoms with Crippen molar-refractivity contribution in [1.82, 2.24) is 4.98 Å². The van der Waals surface area contributed by atoms with Crippen LogP contribution in [0.3, 0.4) is 0 Å². The zero-order valence-corrected chi connectivity index (χ0v) is 11.1. The maximum atomic E-state index is 12.2. The Hall–Kier alpha value is -2.36. The average molecular weight is 255 g/mol. The van der Waals surface area contributed by atoms with Gasteiger partial charge < -0.3 is 10.6 Å². The molecule has 2 rings (SSSR count). The lowest BCUT2D eigenvalue weighted by Crippen LogP contribution is -2.15. The van der Waals surface area contributed by atoms with Crippen LogP contribution in [0.5, 0.6) is 0 Å².